The van der Waals surface area contributed by atoms with Crippen molar-refractivity contribution in [2.75, 3.05) is 31.5 Å². The lowest BCUT2D eigenvalue weighted by molar-refractivity contribution is -0.380. The number of hydrogen-bond donors (Lipinski definition) is 1. The molecule has 0 radical (unpaired) electrons. The van der Waals surface area contributed by atoms with Crippen molar-refractivity contribution in [2.45, 2.75) is 0 Å². The molecule has 1 fully saturated rings. The van der Waals surface area contributed by atoms with Crippen LogP contribution in [0.3, 0.4) is 0 Å². The number of anilines is 1. The van der Waals surface area contributed by atoms with E-state index >= 15 is 0 Å². The quantitative estimate of drug-likeness (QED) is 0.490. The number of piperazine rings is 1. The maximum atomic E-state index is 13.7. The Morgan fingerprint density at radius 3 is 2.42 bits per heavy atom. The van der Waals surface area contributed by atoms with Crippen molar-refractivity contribution in [3.05, 3.63) is 57.2 Å². The maximum Gasteiger partial charge on any atom is 0.324 e. The Balaban J connectivity index is 1.56. The number of thiophene rings is 1. The van der Waals surface area contributed by atoms with E-state index in [9.17, 15) is 19.3 Å². The third-order valence-electron chi connectivity index (χ3n) is 3.95. The van der Waals surface area contributed by atoms with Gasteiger partial charge in [-0.25, -0.2) is 4.39 Å². The van der Waals surface area contributed by atoms with E-state index in [2.05, 4.69) is 5.32 Å². The lowest BCUT2D eigenvalue weighted by Crippen LogP contribution is -2.51. The Kier molecular flexibility index (Phi) is 5.43. The molecule has 1 N–H and O–H groups in total. The van der Waals surface area contributed by atoms with Crippen LogP contribution in [0.1, 0.15) is 9.67 Å². The number of carbonyl (C=O) groups is 1. The standard InChI is InChI=1S/C16H15FN4O3S2/c17-11-3-1-2-4-12(11)18-16(25)20-9-7-19(8-10-20)15(22)13-5-6-14(26-13)21(23)24/h1-6H,7-10H2,(H,18,25). The van der Waals surface area contributed by atoms with Gasteiger partial charge in [0.25, 0.3) is 5.91 Å². The average Bonchev–Trinajstić information content (AvgIpc) is 3.13. The van der Waals surface area contributed by atoms with E-state index in [-0.39, 0.29) is 16.7 Å². The van der Waals surface area contributed by atoms with Crippen molar-refractivity contribution in [3.63, 3.8) is 0 Å². The van der Waals surface area contributed by atoms with Gasteiger partial charge in [0.05, 0.1) is 15.5 Å². The van der Waals surface area contributed by atoms with Gasteiger partial charge >= 0.3 is 5.00 Å². The fourth-order valence-electron chi connectivity index (χ4n) is 2.57. The Bertz CT molecular complexity index is 850. The summed E-state index contributed by atoms with van der Waals surface area (Å²) in [5.74, 6) is -0.612. The summed E-state index contributed by atoms with van der Waals surface area (Å²) in [7, 11) is 0. The van der Waals surface area contributed by atoms with Crippen molar-refractivity contribution < 1.29 is 14.1 Å². The third-order valence-corrected chi connectivity index (χ3v) is 5.34. The molecule has 1 amide bonds. The molecular weight excluding hydrogens is 379 g/mol. The highest BCUT2D eigenvalue weighted by Gasteiger charge is 2.25. The number of rotatable bonds is 3. The fraction of sp³-hybridized carbons (Fsp3) is 0.250. The fourth-order valence-corrected chi connectivity index (χ4v) is 3.65. The predicted molar refractivity (Wildman–Crippen MR) is 101 cm³/mol. The number of carbonyl (C=O) groups excluding carboxylic acids is 1. The van der Waals surface area contributed by atoms with Crippen LogP contribution >= 0.6 is 23.6 Å². The molecule has 0 spiro atoms. The van der Waals surface area contributed by atoms with Gasteiger partial charge in [-0.2, -0.15) is 0 Å². The Morgan fingerprint density at radius 1 is 1.15 bits per heavy atom. The largest absolute Gasteiger partial charge is 0.345 e. The van der Waals surface area contributed by atoms with Gasteiger partial charge in [-0.3, -0.25) is 14.9 Å². The number of thiocarbonyl (C=S) groups is 1. The van der Waals surface area contributed by atoms with Gasteiger partial charge in [-0.1, -0.05) is 23.5 Å². The molecule has 0 bridgehead atoms. The van der Waals surface area contributed by atoms with Gasteiger partial charge in [-0.15, -0.1) is 0 Å². The molecule has 136 valence electrons. The maximum absolute atomic E-state index is 13.7. The summed E-state index contributed by atoms with van der Waals surface area (Å²) in [4.78, 5) is 26.5. The van der Waals surface area contributed by atoms with Crippen molar-refractivity contribution in [1.82, 2.24) is 9.80 Å². The molecule has 0 saturated carbocycles. The summed E-state index contributed by atoms with van der Waals surface area (Å²) in [6.45, 7) is 1.87. The first-order valence-electron chi connectivity index (χ1n) is 7.79. The second kappa shape index (κ2) is 7.75. The van der Waals surface area contributed by atoms with Crippen molar-refractivity contribution in [2.24, 2.45) is 0 Å². The Labute approximate surface area is 158 Å². The minimum atomic E-state index is -0.508. The first-order chi connectivity index (χ1) is 12.5. The number of halogens is 1. The summed E-state index contributed by atoms with van der Waals surface area (Å²) in [6, 6.07) is 9.07. The van der Waals surface area contributed by atoms with E-state index < -0.39 is 4.92 Å². The lowest BCUT2D eigenvalue weighted by atomic mass is 10.3. The number of benzene rings is 1. The lowest BCUT2D eigenvalue weighted by Gasteiger charge is -2.36. The predicted octanol–water partition coefficient (Wildman–Crippen LogP) is 2.95. The van der Waals surface area contributed by atoms with Crippen LogP contribution in [0.15, 0.2) is 36.4 Å². The van der Waals surface area contributed by atoms with Gasteiger partial charge in [0.2, 0.25) is 0 Å². The molecule has 0 aliphatic carbocycles. The van der Waals surface area contributed by atoms with E-state index in [1.54, 1.807) is 23.1 Å². The molecule has 2 heterocycles. The van der Waals surface area contributed by atoms with E-state index in [0.717, 1.165) is 11.3 Å². The molecule has 1 aromatic carbocycles. The second-order valence-corrected chi connectivity index (χ2v) is 7.03. The summed E-state index contributed by atoms with van der Waals surface area (Å²) < 4.78 is 13.7. The molecule has 1 aliphatic heterocycles. The number of nitrogens with one attached hydrogen (secondary N) is 1. The summed E-state index contributed by atoms with van der Waals surface area (Å²) in [5, 5.41) is 14.0. The van der Waals surface area contributed by atoms with Crippen molar-refractivity contribution in [3.8, 4) is 0 Å². The van der Waals surface area contributed by atoms with Crippen LogP contribution in [0.5, 0.6) is 0 Å². The zero-order chi connectivity index (χ0) is 18.7. The minimum Gasteiger partial charge on any atom is -0.345 e. The molecular formula is C16H15FN4O3S2. The topological polar surface area (TPSA) is 78.7 Å². The number of amides is 1. The average molecular weight is 394 g/mol. The first kappa shape index (κ1) is 18.2. The summed E-state index contributed by atoms with van der Waals surface area (Å²) >= 11 is 6.19. The van der Waals surface area contributed by atoms with Gasteiger partial charge in [-0.05, 0) is 30.4 Å². The van der Waals surface area contributed by atoms with Crippen LogP contribution in [-0.2, 0) is 0 Å². The third kappa shape index (κ3) is 3.97. The van der Waals surface area contributed by atoms with Crippen LogP contribution in [0.25, 0.3) is 0 Å². The molecule has 2 aromatic rings. The van der Waals surface area contributed by atoms with E-state index in [0.29, 0.717) is 41.9 Å². The van der Waals surface area contributed by atoms with Crippen molar-refractivity contribution in [1.29, 1.82) is 0 Å². The molecule has 26 heavy (non-hydrogen) atoms. The molecule has 10 heteroatoms. The number of nitro groups is 1. The van der Waals surface area contributed by atoms with Gasteiger partial charge < -0.3 is 15.1 Å². The van der Waals surface area contributed by atoms with Gasteiger partial charge in [0, 0.05) is 32.2 Å². The van der Waals surface area contributed by atoms with Crippen LogP contribution in [0, 0.1) is 15.9 Å². The van der Waals surface area contributed by atoms with Crippen LogP contribution in [0.4, 0.5) is 15.1 Å². The van der Waals surface area contributed by atoms with Crippen LogP contribution in [-0.4, -0.2) is 51.9 Å². The number of nitrogens with zero attached hydrogens (tertiary/aromatic N) is 3. The number of para-hydroxylation sites is 1. The highest BCUT2D eigenvalue weighted by molar-refractivity contribution is 7.80. The highest BCUT2D eigenvalue weighted by atomic mass is 32.1. The summed E-state index contributed by atoms with van der Waals surface area (Å²) in [5.41, 5.74) is 0.307. The molecule has 1 aromatic heterocycles. The van der Waals surface area contributed by atoms with Gasteiger partial charge in [0.1, 0.15) is 5.82 Å². The molecule has 7 nitrogen and oxygen atoms in total. The van der Waals surface area contributed by atoms with E-state index in [1.807, 2.05) is 4.90 Å². The van der Waals surface area contributed by atoms with Crippen LogP contribution in [0.2, 0.25) is 0 Å². The second-order valence-electron chi connectivity index (χ2n) is 5.58. The first-order valence-corrected chi connectivity index (χ1v) is 9.02. The Hall–Kier alpha value is -2.59. The molecule has 3 rings (SSSR count). The Morgan fingerprint density at radius 2 is 1.81 bits per heavy atom. The molecule has 0 unspecified atom stereocenters. The molecule has 1 aliphatic rings. The monoisotopic (exact) mass is 394 g/mol. The minimum absolute atomic E-state index is 0.0535. The highest BCUT2D eigenvalue weighted by Crippen LogP contribution is 2.25. The van der Waals surface area contributed by atoms with E-state index in [1.165, 1.54) is 18.2 Å². The SMILES string of the molecule is O=C(c1ccc([N+](=O)[O-])s1)N1CCN(C(=S)Nc2ccccc2F)CC1. The van der Waals surface area contributed by atoms with E-state index in [4.69, 9.17) is 12.2 Å². The normalized spacial score (nSPS) is 14.2. The molecule has 0 atom stereocenters. The summed E-state index contributed by atoms with van der Waals surface area (Å²) in [6.07, 6.45) is 0. The zero-order valence-electron chi connectivity index (χ0n) is 13.6. The van der Waals surface area contributed by atoms with Crippen molar-refractivity contribution >= 4 is 45.3 Å². The van der Waals surface area contributed by atoms with Gasteiger partial charge in [0.15, 0.2) is 5.11 Å². The number of hydrogen-bond acceptors (Lipinski definition) is 5. The zero-order valence-corrected chi connectivity index (χ0v) is 15.2. The van der Waals surface area contributed by atoms with Crippen LogP contribution < -0.4 is 5.32 Å². The smallest absolute Gasteiger partial charge is 0.324 e. The molecule has 1 saturated heterocycles.